The van der Waals surface area contributed by atoms with Crippen molar-refractivity contribution >= 4 is 33.2 Å². The summed E-state index contributed by atoms with van der Waals surface area (Å²) in [4.78, 5) is 13.5. The molecule has 0 fully saturated rings. The molecule has 0 saturated carbocycles. The number of nitrogens with one attached hydrogen (secondary N) is 1. The zero-order valence-electron chi connectivity index (χ0n) is 17.3. The van der Waals surface area contributed by atoms with Crippen LogP contribution in [0.1, 0.15) is 36.1 Å². The molecule has 3 aromatic rings. The third kappa shape index (κ3) is 2.70. The molecule has 3 heterocycles. The molecular formula is C25H20BrN3O3. The van der Waals surface area contributed by atoms with Gasteiger partial charge in [-0.15, -0.1) is 0 Å². The van der Waals surface area contributed by atoms with Crippen molar-refractivity contribution in [3.63, 3.8) is 0 Å². The topological polar surface area (TPSA) is 63.2 Å². The summed E-state index contributed by atoms with van der Waals surface area (Å²) in [5, 5.41) is 9.81. The molecule has 0 aromatic heterocycles. The summed E-state index contributed by atoms with van der Waals surface area (Å²) in [6.45, 7) is 2.59. The molecule has 6 nitrogen and oxygen atoms in total. The zero-order chi connectivity index (χ0) is 21.9. The fourth-order valence-electron chi connectivity index (χ4n) is 4.75. The van der Waals surface area contributed by atoms with Gasteiger partial charge in [-0.05, 0) is 61.0 Å². The highest BCUT2D eigenvalue weighted by Gasteiger charge is 2.60. The maximum Gasteiger partial charge on any atom is 0.306 e. The largest absolute Gasteiger partial charge is 0.494 e. The van der Waals surface area contributed by atoms with Gasteiger partial charge < -0.3 is 14.8 Å². The lowest BCUT2D eigenvalue weighted by Crippen LogP contribution is -2.55. The van der Waals surface area contributed by atoms with Gasteiger partial charge in [0.25, 0.3) is 5.91 Å². The molecule has 3 aliphatic heterocycles. The Balaban J connectivity index is 1.51. The van der Waals surface area contributed by atoms with E-state index in [1.807, 2.05) is 78.7 Å². The van der Waals surface area contributed by atoms with Crippen molar-refractivity contribution in [2.75, 3.05) is 11.9 Å². The number of hydrogen-bond donors (Lipinski definition) is 1. The quantitative estimate of drug-likeness (QED) is 0.549. The fourth-order valence-corrected chi connectivity index (χ4v) is 5.11. The van der Waals surface area contributed by atoms with Gasteiger partial charge in [-0.1, -0.05) is 34.1 Å². The number of carbonyl (C=O) groups is 1. The van der Waals surface area contributed by atoms with Gasteiger partial charge in [-0.3, -0.25) is 4.79 Å². The molecule has 1 amide bonds. The van der Waals surface area contributed by atoms with Crippen LogP contribution in [0.25, 0.3) is 0 Å². The first-order valence-corrected chi connectivity index (χ1v) is 11.4. The highest BCUT2D eigenvalue weighted by Crippen LogP contribution is 2.54. The Morgan fingerprint density at radius 1 is 1.19 bits per heavy atom. The Hall–Kier alpha value is -3.32. The van der Waals surface area contributed by atoms with Gasteiger partial charge in [0.1, 0.15) is 11.5 Å². The molecule has 2 atom stereocenters. The second kappa shape index (κ2) is 7.10. The summed E-state index contributed by atoms with van der Waals surface area (Å²) in [5.41, 5.74) is 3.08. The Morgan fingerprint density at radius 2 is 2.00 bits per heavy atom. The van der Waals surface area contributed by atoms with E-state index < -0.39 is 5.72 Å². The first-order valence-electron chi connectivity index (χ1n) is 10.6. The van der Waals surface area contributed by atoms with Crippen LogP contribution >= 0.6 is 15.9 Å². The Kier molecular flexibility index (Phi) is 4.30. The minimum Gasteiger partial charge on any atom is -0.494 e. The predicted octanol–water partition coefficient (Wildman–Crippen LogP) is 5.20. The molecule has 0 unspecified atom stereocenters. The number of ether oxygens (including phenoxy) is 2. The molecular weight excluding hydrogens is 470 g/mol. The van der Waals surface area contributed by atoms with Crippen LogP contribution in [-0.4, -0.2) is 23.2 Å². The first-order chi connectivity index (χ1) is 15.6. The molecule has 6 rings (SSSR count). The molecule has 1 N–H and O–H groups in total. The lowest BCUT2D eigenvalue weighted by molar-refractivity contribution is -0.161. The molecule has 3 aromatic carbocycles. The summed E-state index contributed by atoms with van der Waals surface area (Å²) in [6.07, 6.45) is 0.673. The van der Waals surface area contributed by atoms with Gasteiger partial charge in [-0.25, -0.2) is 5.01 Å². The standard InChI is InChI=1S/C25H20BrN3O3/c1-2-31-17-10-7-15(8-11-17)21-14-22-18-5-3-4-6-23(18)32-25(29(22)28-21)19-13-16(26)9-12-20(19)27-24(25)30/h3-13,22H,2,14H2,1H3,(H,27,30)/t22-,25-/m0/s1. The van der Waals surface area contributed by atoms with E-state index in [0.29, 0.717) is 18.8 Å². The van der Waals surface area contributed by atoms with Crippen molar-refractivity contribution in [3.8, 4) is 11.5 Å². The molecule has 7 heteroatoms. The van der Waals surface area contributed by atoms with E-state index in [9.17, 15) is 4.79 Å². The van der Waals surface area contributed by atoms with Gasteiger partial charge in [0, 0.05) is 16.5 Å². The van der Waals surface area contributed by atoms with E-state index in [0.717, 1.165) is 38.3 Å². The number of para-hydroxylation sites is 1. The molecule has 1 spiro atoms. The van der Waals surface area contributed by atoms with E-state index in [1.165, 1.54) is 0 Å². The van der Waals surface area contributed by atoms with Crippen molar-refractivity contribution in [1.29, 1.82) is 0 Å². The minimum atomic E-state index is -1.36. The fraction of sp³-hybridized carbons (Fsp3) is 0.200. The third-order valence-corrected chi connectivity index (χ3v) is 6.66. The van der Waals surface area contributed by atoms with Crippen LogP contribution in [0.15, 0.2) is 76.3 Å². The number of carbonyl (C=O) groups excluding carboxylic acids is 1. The molecule has 0 aliphatic carbocycles. The number of nitrogens with zero attached hydrogens (tertiary/aromatic N) is 2. The summed E-state index contributed by atoms with van der Waals surface area (Å²) in [6, 6.07) is 21.4. The Labute approximate surface area is 194 Å². The Morgan fingerprint density at radius 3 is 2.81 bits per heavy atom. The normalized spacial score (nSPS) is 22.6. The van der Waals surface area contributed by atoms with Crippen molar-refractivity contribution in [2.24, 2.45) is 5.10 Å². The maximum absolute atomic E-state index is 13.5. The van der Waals surface area contributed by atoms with Gasteiger partial charge in [0.2, 0.25) is 0 Å². The first kappa shape index (κ1) is 19.4. The van der Waals surface area contributed by atoms with Crippen LogP contribution in [-0.2, 0) is 10.5 Å². The minimum absolute atomic E-state index is 0.114. The van der Waals surface area contributed by atoms with Crippen LogP contribution in [0, 0.1) is 0 Å². The summed E-state index contributed by atoms with van der Waals surface area (Å²) < 4.78 is 12.9. The number of fused-ring (bicyclic) bond motifs is 6. The van der Waals surface area contributed by atoms with Crippen molar-refractivity contribution in [2.45, 2.75) is 25.1 Å². The van der Waals surface area contributed by atoms with Crippen LogP contribution in [0.2, 0.25) is 0 Å². The summed E-state index contributed by atoms with van der Waals surface area (Å²) in [7, 11) is 0. The lowest BCUT2D eigenvalue weighted by atomic mass is 9.92. The number of amides is 1. The molecule has 0 bridgehead atoms. The average molecular weight is 490 g/mol. The number of hydrogen-bond acceptors (Lipinski definition) is 5. The van der Waals surface area contributed by atoms with Gasteiger partial charge in [0.15, 0.2) is 0 Å². The van der Waals surface area contributed by atoms with Crippen molar-refractivity contribution in [3.05, 3.63) is 87.9 Å². The average Bonchev–Trinajstić information content (AvgIpc) is 3.36. The van der Waals surface area contributed by atoms with Crippen molar-refractivity contribution < 1.29 is 14.3 Å². The number of benzene rings is 3. The van der Waals surface area contributed by atoms with Crippen LogP contribution in [0.3, 0.4) is 0 Å². The van der Waals surface area contributed by atoms with Crippen LogP contribution in [0.4, 0.5) is 5.69 Å². The highest BCUT2D eigenvalue weighted by atomic mass is 79.9. The van der Waals surface area contributed by atoms with Crippen molar-refractivity contribution in [1.82, 2.24) is 5.01 Å². The number of rotatable bonds is 3. The van der Waals surface area contributed by atoms with E-state index in [2.05, 4.69) is 21.2 Å². The van der Waals surface area contributed by atoms with E-state index in [-0.39, 0.29) is 11.9 Å². The lowest BCUT2D eigenvalue weighted by Gasteiger charge is -2.44. The predicted molar refractivity (Wildman–Crippen MR) is 125 cm³/mol. The number of halogens is 1. The summed E-state index contributed by atoms with van der Waals surface area (Å²) in [5.74, 6) is 1.30. The highest BCUT2D eigenvalue weighted by molar-refractivity contribution is 9.10. The van der Waals surface area contributed by atoms with E-state index in [1.54, 1.807) is 0 Å². The maximum atomic E-state index is 13.5. The van der Waals surface area contributed by atoms with E-state index >= 15 is 0 Å². The second-order valence-corrected chi connectivity index (χ2v) is 8.91. The molecule has 3 aliphatic rings. The van der Waals surface area contributed by atoms with Gasteiger partial charge in [0.05, 0.1) is 29.6 Å². The molecule has 0 radical (unpaired) electrons. The molecule has 160 valence electrons. The van der Waals surface area contributed by atoms with Crippen LogP contribution < -0.4 is 14.8 Å². The zero-order valence-corrected chi connectivity index (χ0v) is 18.9. The second-order valence-electron chi connectivity index (χ2n) is 8.00. The third-order valence-electron chi connectivity index (χ3n) is 6.17. The smallest absolute Gasteiger partial charge is 0.306 e. The molecule has 0 saturated heterocycles. The van der Waals surface area contributed by atoms with Gasteiger partial charge in [-0.2, -0.15) is 5.10 Å². The SMILES string of the molecule is CCOc1ccc(C2=NN3[C@@H](C2)c2ccccc2O[C@@]32C(=O)Nc3ccc(Br)cc32)cc1. The number of hydrazone groups is 1. The van der Waals surface area contributed by atoms with E-state index in [4.69, 9.17) is 14.6 Å². The monoisotopic (exact) mass is 489 g/mol. The number of anilines is 1. The van der Waals surface area contributed by atoms with Crippen LogP contribution in [0.5, 0.6) is 11.5 Å². The van der Waals surface area contributed by atoms with Gasteiger partial charge >= 0.3 is 5.72 Å². The molecule has 32 heavy (non-hydrogen) atoms. The Bertz CT molecular complexity index is 1270. The summed E-state index contributed by atoms with van der Waals surface area (Å²) >= 11 is 3.55.